The van der Waals surface area contributed by atoms with Crippen molar-refractivity contribution < 1.29 is 0 Å². The minimum Gasteiger partial charge on any atom is -0.246 e. The van der Waals surface area contributed by atoms with Crippen molar-refractivity contribution in [2.45, 2.75) is 38.5 Å². The highest BCUT2D eigenvalue weighted by atomic mass is 14.8. The Hall–Kier alpha value is -6.12. The lowest BCUT2D eigenvalue weighted by Crippen LogP contribution is -2.16. The van der Waals surface area contributed by atoms with Crippen LogP contribution < -0.4 is 0 Å². The predicted octanol–water partition coefficient (Wildman–Crippen LogP) is 12.9. The van der Waals surface area contributed by atoms with E-state index in [0.717, 1.165) is 33.5 Å². The molecule has 2 aliphatic carbocycles. The molecule has 0 saturated carbocycles. The first-order valence-corrected chi connectivity index (χ1v) is 18.3. The van der Waals surface area contributed by atoms with Gasteiger partial charge in [0, 0.05) is 22.0 Å². The highest BCUT2D eigenvalue weighted by Gasteiger charge is 2.38. The van der Waals surface area contributed by atoms with E-state index >= 15 is 0 Å². The van der Waals surface area contributed by atoms with Crippen molar-refractivity contribution >= 4 is 11.0 Å². The van der Waals surface area contributed by atoms with Gasteiger partial charge in [-0.1, -0.05) is 155 Å². The van der Waals surface area contributed by atoms with Gasteiger partial charge in [0.1, 0.15) is 0 Å². The van der Waals surface area contributed by atoms with Crippen LogP contribution in [-0.2, 0) is 10.8 Å². The molecule has 0 aliphatic heterocycles. The Labute approximate surface area is 305 Å². The second kappa shape index (κ2) is 11.2. The monoisotopic (exact) mass is 666 g/mol. The Morgan fingerprint density at radius 2 is 0.769 bits per heavy atom. The van der Waals surface area contributed by atoms with E-state index in [1.54, 1.807) is 0 Å². The summed E-state index contributed by atoms with van der Waals surface area (Å²) < 4.78 is 0. The van der Waals surface area contributed by atoms with Crippen LogP contribution in [0, 0.1) is 0 Å². The van der Waals surface area contributed by atoms with Gasteiger partial charge < -0.3 is 0 Å². The van der Waals surface area contributed by atoms with E-state index in [4.69, 9.17) is 9.97 Å². The number of nitrogens with zero attached hydrogens (tertiary/aromatic N) is 2. The van der Waals surface area contributed by atoms with Crippen LogP contribution in [0.2, 0.25) is 0 Å². The third-order valence-electron chi connectivity index (χ3n) is 11.7. The van der Waals surface area contributed by atoms with Crippen LogP contribution in [0.4, 0.5) is 0 Å². The molecule has 2 nitrogen and oxygen atoms in total. The second-order valence-electron chi connectivity index (χ2n) is 15.4. The molecule has 52 heavy (non-hydrogen) atoms. The molecule has 0 unspecified atom stereocenters. The molecule has 0 atom stereocenters. The Kier molecular flexibility index (Phi) is 6.60. The van der Waals surface area contributed by atoms with E-state index in [-0.39, 0.29) is 10.8 Å². The third-order valence-corrected chi connectivity index (χ3v) is 11.7. The van der Waals surface area contributed by atoms with E-state index < -0.39 is 0 Å². The first-order valence-electron chi connectivity index (χ1n) is 18.3. The summed E-state index contributed by atoms with van der Waals surface area (Å²) in [6.45, 7) is 9.38. The molecule has 0 fully saturated rings. The maximum Gasteiger partial charge on any atom is 0.0894 e. The van der Waals surface area contributed by atoms with E-state index in [1.807, 2.05) is 0 Å². The van der Waals surface area contributed by atoms with Gasteiger partial charge in [-0.25, -0.2) is 9.97 Å². The number of pyridine rings is 2. The fraction of sp³-hybridized carbons (Fsp3) is 0.120. The van der Waals surface area contributed by atoms with Gasteiger partial charge >= 0.3 is 0 Å². The Balaban J connectivity index is 1.03. The zero-order chi connectivity index (χ0) is 35.2. The molecule has 2 aromatic heterocycles. The zero-order valence-corrected chi connectivity index (χ0v) is 29.9. The van der Waals surface area contributed by atoms with Crippen LogP contribution in [0.1, 0.15) is 49.9 Å². The largest absolute Gasteiger partial charge is 0.246 e. The average molecular weight is 667 g/mol. The molecule has 0 bridgehead atoms. The van der Waals surface area contributed by atoms with Gasteiger partial charge in [-0.15, -0.1) is 0 Å². The smallest absolute Gasteiger partial charge is 0.0894 e. The fourth-order valence-corrected chi connectivity index (χ4v) is 9.15. The molecule has 0 saturated heterocycles. The Morgan fingerprint density at radius 3 is 1.40 bits per heavy atom. The van der Waals surface area contributed by atoms with Crippen molar-refractivity contribution in [1.29, 1.82) is 0 Å². The highest BCUT2D eigenvalue weighted by molar-refractivity contribution is 5.94. The van der Waals surface area contributed by atoms with Crippen molar-refractivity contribution in [3.05, 3.63) is 180 Å². The standard InChI is InChI=1S/C50H38N2/c1-49(2)41-22-11-9-16-34(41)36-25-24-31(30-43(36)49)32-14-5-7-18-37(32)44-26-28-47-46(51-44)29-27-45(52-47)38-19-8-6-15-33(38)39-20-13-21-40-35-17-10-12-23-42(35)50(3,4)48(39)40/h5-30H,1-4H3. The molecule has 2 aliphatic rings. The molecule has 248 valence electrons. The molecule has 6 aromatic carbocycles. The van der Waals surface area contributed by atoms with Crippen LogP contribution in [0.15, 0.2) is 158 Å². The summed E-state index contributed by atoms with van der Waals surface area (Å²) in [5.74, 6) is 0. The van der Waals surface area contributed by atoms with Gasteiger partial charge in [0.25, 0.3) is 0 Å². The summed E-state index contributed by atoms with van der Waals surface area (Å²) in [5.41, 5.74) is 21.5. The summed E-state index contributed by atoms with van der Waals surface area (Å²) in [7, 11) is 0. The molecule has 0 amide bonds. The van der Waals surface area contributed by atoms with Crippen LogP contribution in [-0.4, -0.2) is 9.97 Å². The third kappa shape index (κ3) is 4.43. The van der Waals surface area contributed by atoms with Gasteiger partial charge in [0.2, 0.25) is 0 Å². The van der Waals surface area contributed by atoms with Crippen LogP contribution in [0.5, 0.6) is 0 Å². The summed E-state index contributed by atoms with van der Waals surface area (Å²) in [6.07, 6.45) is 0. The van der Waals surface area contributed by atoms with Crippen molar-refractivity contribution in [3.8, 4) is 67.0 Å². The van der Waals surface area contributed by atoms with E-state index in [0.29, 0.717) is 0 Å². The van der Waals surface area contributed by atoms with Gasteiger partial charge in [0.05, 0.1) is 22.4 Å². The maximum atomic E-state index is 5.23. The first-order chi connectivity index (χ1) is 25.3. The molecule has 2 heterocycles. The Morgan fingerprint density at radius 1 is 0.327 bits per heavy atom. The molecule has 10 rings (SSSR count). The van der Waals surface area contributed by atoms with E-state index in [9.17, 15) is 0 Å². The molecule has 2 heteroatoms. The minimum atomic E-state index is -0.107. The van der Waals surface area contributed by atoms with Crippen LogP contribution >= 0.6 is 0 Å². The quantitative estimate of drug-likeness (QED) is 0.187. The number of fused-ring (bicyclic) bond motifs is 7. The van der Waals surface area contributed by atoms with Crippen molar-refractivity contribution in [2.75, 3.05) is 0 Å². The van der Waals surface area contributed by atoms with Crippen molar-refractivity contribution in [1.82, 2.24) is 9.97 Å². The van der Waals surface area contributed by atoms with Crippen LogP contribution in [0.3, 0.4) is 0 Å². The predicted molar refractivity (Wildman–Crippen MR) is 216 cm³/mol. The van der Waals surface area contributed by atoms with Gasteiger partial charge in [-0.3, -0.25) is 0 Å². The topological polar surface area (TPSA) is 25.8 Å². The molecule has 0 spiro atoms. The average Bonchev–Trinajstić information content (AvgIpc) is 3.57. The van der Waals surface area contributed by atoms with Crippen molar-refractivity contribution in [2.24, 2.45) is 0 Å². The molecule has 0 N–H and O–H groups in total. The first kappa shape index (κ1) is 30.7. The summed E-state index contributed by atoms with van der Waals surface area (Å²) in [6, 6.07) is 57.2. The number of hydrogen-bond donors (Lipinski definition) is 0. The van der Waals surface area contributed by atoms with E-state index in [2.05, 4.69) is 185 Å². The molecule has 0 radical (unpaired) electrons. The lowest BCUT2D eigenvalue weighted by atomic mass is 9.78. The van der Waals surface area contributed by atoms with Gasteiger partial charge in [0.15, 0.2) is 0 Å². The normalized spacial score (nSPS) is 14.5. The SMILES string of the molecule is CC1(C)c2ccccc2-c2ccc(-c3ccccc3-c3ccc4nc(-c5ccccc5-c5cccc6c5C(C)(C)c5ccccc5-6)ccc4n3)cc21. The van der Waals surface area contributed by atoms with Gasteiger partial charge in [-0.05, 0) is 97.1 Å². The second-order valence-corrected chi connectivity index (χ2v) is 15.4. The number of hydrogen-bond acceptors (Lipinski definition) is 2. The van der Waals surface area contributed by atoms with Crippen LogP contribution in [0.25, 0.3) is 78.1 Å². The molecular weight excluding hydrogens is 629 g/mol. The lowest BCUT2D eigenvalue weighted by molar-refractivity contribution is 0.660. The summed E-state index contributed by atoms with van der Waals surface area (Å²) in [4.78, 5) is 10.4. The zero-order valence-electron chi connectivity index (χ0n) is 29.9. The maximum absolute atomic E-state index is 5.23. The number of rotatable bonds is 4. The number of aromatic nitrogens is 2. The number of benzene rings is 6. The minimum absolute atomic E-state index is 0.0537. The summed E-state index contributed by atoms with van der Waals surface area (Å²) in [5, 5.41) is 0. The Bertz CT molecular complexity index is 2750. The molecule has 8 aromatic rings. The highest BCUT2D eigenvalue weighted by Crippen LogP contribution is 2.53. The van der Waals surface area contributed by atoms with E-state index in [1.165, 1.54) is 66.8 Å². The van der Waals surface area contributed by atoms with Gasteiger partial charge in [-0.2, -0.15) is 0 Å². The molecular formula is C50H38N2. The lowest BCUT2D eigenvalue weighted by Gasteiger charge is -2.25. The van der Waals surface area contributed by atoms with Crippen molar-refractivity contribution in [3.63, 3.8) is 0 Å². The summed E-state index contributed by atoms with van der Waals surface area (Å²) >= 11 is 0. The fourth-order valence-electron chi connectivity index (χ4n) is 9.15.